The molecule has 1 aromatic heterocycles. The van der Waals surface area contributed by atoms with E-state index in [-0.39, 0.29) is 12.6 Å². The number of aliphatic hydroxyl groups excluding tert-OH is 1. The molecule has 2 unspecified atom stereocenters. The zero-order valence-electron chi connectivity index (χ0n) is 20.4. The van der Waals surface area contributed by atoms with Crippen molar-refractivity contribution in [3.8, 4) is 17.1 Å². The van der Waals surface area contributed by atoms with Crippen molar-refractivity contribution in [2.45, 2.75) is 44.4 Å². The van der Waals surface area contributed by atoms with Crippen LogP contribution < -0.4 is 20.3 Å². The molecule has 2 saturated heterocycles. The highest BCUT2D eigenvalue weighted by atomic mass is 16.5. The Kier molecular flexibility index (Phi) is 8.55. The number of hydrogen-bond donors (Lipinski definition) is 3. The first-order chi connectivity index (χ1) is 16.6. The average Bonchev–Trinajstić information content (AvgIpc) is 3.38. The number of aliphatic hydroxyl groups is 1. The second-order valence-corrected chi connectivity index (χ2v) is 9.02. The van der Waals surface area contributed by atoms with Crippen LogP contribution in [0.4, 0.5) is 11.6 Å². The van der Waals surface area contributed by atoms with Gasteiger partial charge in [-0.15, -0.1) is 0 Å². The van der Waals surface area contributed by atoms with E-state index < -0.39 is 6.10 Å². The summed E-state index contributed by atoms with van der Waals surface area (Å²) in [5.41, 5.74) is 1.92. The molecule has 34 heavy (non-hydrogen) atoms. The largest absolute Gasteiger partial charge is 0.491 e. The number of nitrogens with one attached hydrogen (secondary N) is 2. The fourth-order valence-corrected chi connectivity index (χ4v) is 4.44. The Labute approximate surface area is 201 Å². The van der Waals surface area contributed by atoms with Gasteiger partial charge in [-0.05, 0) is 45.4 Å². The molecule has 3 heterocycles. The number of anilines is 2. The lowest BCUT2D eigenvalue weighted by Crippen LogP contribution is -2.37. The zero-order valence-corrected chi connectivity index (χ0v) is 20.4. The minimum Gasteiger partial charge on any atom is -0.491 e. The van der Waals surface area contributed by atoms with Gasteiger partial charge in [0.05, 0.1) is 18.8 Å². The Morgan fingerprint density at radius 3 is 2.76 bits per heavy atom. The zero-order chi connectivity index (χ0) is 23.9. The molecule has 0 radical (unpaired) electrons. The molecule has 2 fully saturated rings. The number of nitrogens with zero attached hydrogens (tertiary/aromatic N) is 3. The van der Waals surface area contributed by atoms with Gasteiger partial charge in [0, 0.05) is 44.5 Å². The van der Waals surface area contributed by atoms with Crippen LogP contribution in [0.5, 0.6) is 5.75 Å². The molecule has 0 amide bonds. The monoisotopic (exact) mass is 471 g/mol. The summed E-state index contributed by atoms with van der Waals surface area (Å²) in [6.45, 7) is 6.03. The first-order valence-corrected chi connectivity index (χ1v) is 12.1. The van der Waals surface area contributed by atoms with E-state index in [0.29, 0.717) is 30.8 Å². The van der Waals surface area contributed by atoms with Crippen molar-refractivity contribution in [3.05, 3.63) is 29.8 Å². The predicted molar refractivity (Wildman–Crippen MR) is 133 cm³/mol. The standard InChI is InChI=1S/C25H37N5O4/c1-17-23(27-19-9-12-33-15-19)28-24(29-25(17)30-10-7-21(32-3)8-11-30)18-5-4-6-22(13-18)34-16-20(31)14-26-2/h4-6,13,19-21,26,31H,7-12,14-16H2,1-3H3,(H,27,28,29). The Hall–Kier alpha value is -2.46. The summed E-state index contributed by atoms with van der Waals surface area (Å²) in [4.78, 5) is 12.3. The highest BCUT2D eigenvalue weighted by molar-refractivity contribution is 5.67. The molecule has 0 spiro atoms. The number of piperidine rings is 1. The van der Waals surface area contributed by atoms with Crippen molar-refractivity contribution in [2.75, 3.05) is 63.8 Å². The third kappa shape index (κ3) is 6.15. The van der Waals surface area contributed by atoms with E-state index in [4.69, 9.17) is 24.2 Å². The molecule has 3 N–H and O–H groups in total. The van der Waals surface area contributed by atoms with Crippen LogP contribution in [0.15, 0.2) is 24.3 Å². The average molecular weight is 472 g/mol. The van der Waals surface area contributed by atoms with Crippen LogP contribution in [0, 0.1) is 6.92 Å². The van der Waals surface area contributed by atoms with Gasteiger partial charge in [0.25, 0.3) is 0 Å². The second kappa shape index (κ2) is 11.8. The lowest BCUT2D eigenvalue weighted by Gasteiger charge is -2.33. The van der Waals surface area contributed by atoms with Gasteiger partial charge in [-0.1, -0.05) is 12.1 Å². The molecule has 2 atom stereocenters. The number of methoxy groups -OCH3 is 1. The highest BCUT2D eigenvalue weighted by Gasteiger charge is 2.25. The maximum absolute atomic E-state index is 9.97. The van der Waals surface area contributed by atoms with Gasteiger partial charge in [-0.25, -0.2) is 9.97 Å². The molecule has 4 rings (SSSR count). The van der Waals surface area contributed by atoms with Gasteiger partial charge in [0.2, 0.25) is 0 Å². The van der Waals surface area contributed by atoms with Crippen molar-refractivity contribution in [1.29, 1.82) is 0 Å². The summed E-state index contributed by atoms with van der Waals surface area (Å²) < 4.78 is 16.9. The van der Waals surface area contributed by atoms with E-state index in [2.05, 4.69) is 22.5 Å². The smallest absolute Gasteiger partial charge is 0.164 e. The number of ether oxygens (including phenoxy) is 3. The molecule has 2 aliphatic heterocycles. The number of benzene rings is 1. The minimum atomic E-state index is -0.574. The molecule has 1 aromatic carbocycles. The van der Waals surface area contributed by atoms with E-state index in [1.165, 1.54) is 0 Å². The van der Waals surface area contributed by atoms with Crippen LogP contribution in [0.3, 0.4) is 0 Å². The molecule has 0 aliphatic carbocycles. The maximum Gasteiger partial charge on any atom is 0.164 e. The summed E-state index contributed by atoms with van der Waals surface area (Å²) in [7, 11) is 3.59. The van der Waals surface area contributed by atoms with Crippen molar-refractivity contribution in [3.63, 3.8) is 0 Å². The first kappa shape index (κ1) is 24.7. The van der Waals surface area contributed by atoms with Crippen LogP contribution in [-0.4, -0.2) is 86.9 Å². The Morgan fingerprint density at radius 2 is 2.06 bits per heavy atom. The lowest BCUT2D eigenvalue weighted by molar-refractivity contribution is 0.0818. The van der Waals surface area contributed by atoms with E-state index >= 15 is 0 Å². The Balaban J connectivity index is 1.61. The van der Waals surface area contributed by atoms with Gasteiger partial charge in [-0.3, -0.25) is 0 Å². The van der Waals surface area contributed by atoms with Crippen molar-refractivity contribution in [2.24, 2.45) is 0 Å². The molecular weight excluding hydrogens is 434 g/mol. The first-order valence-electron chi connectivity index (χ1n) is 12.1. The highest BCUT2D eigenvalue weighted by Crippen LogP contribution is 2.31. The molecule has 2 aromatic rings. The molecule has 0 saturated carbocycles. The van der Waals surface area contributed by atoms with Gasteiger partial charge in [0.15, 0.2) is 5.82 Å². The molecular formula is C25H37N5O4. The Morgan fingerprint density at radius 1 is 1.24 bits per heavy atom. The maximum atomic E-state index is 9.97. The van der Waals surface area contributed by atoms with Crippen LogP contribution in [0.2, 0.25) is 0 Å². The number of aromatic nitrogens is 2. The summed E-state index contributed by atoms with van der Waals surface area (Å²) in [6, 6.07) is 7.98. The number of rotatable bonds is 10. The van der Waals surface area contributed by atoms with Crippen LogP contribution in [-0.2, 0) is 9.47 Å². The van der Waals surface area contributed by atoms with Crippen molar-refractivity contribution < 1.29 is 19.3 Å². The van der Waals surface area contributed by atoms with Gasteiger partial charge >= 0.3 is 0 Å². The lowest BCUT2D eigenvalue weighted by atomic mass is 10.1. The van der Waals surface area contributed by atoms with Crippen LogP contribution in [0.1, 0.15) is 24.8 Å². The fourth-order valence-electron chi connectivity index (χ4n) is 4.44. The van der Waals surface area contributed by atoms with Crippen LogP contribution in [0.25, 0.3) is 11.4 Å². The van der Waals surface area contributed by atoms with E-state index in [0.717, 1.165) is 61.7 Å². The van der Waals surface area contributed by atoms with Crippen LogP contribution >= 0.6 is 0 Å². The van der Waals surface area contributed by atoms with Crippen molar-refractivity contribution in [1.82, 2.24) is 15.3 Å². The quantitative estimate of drug-likeness (QED) is 0.481. The predicted octanol–water partition coefficient (Wildman–Crippen LogP) is 2.23. The molecule has 2 aliphatic rings. The van der Waals surface area contributed by atoms with E-state index in [1.807, 2.05) is 24.3 Å². The minimum absolute atomic E-state index is 0.216. The summed E-state index contributed by atoms with van der Waals surface area (Å²) in [6.07, 6.45) is 2.65. The van der Waals surface area contributed by atoms with Crippen molar-refractivity contribution >= 4 is 11.6 Å². The number of hydrogen-bond acceptors (Lipinski definition) is 9. The molecule has 186 valence electrons. The SMILES string of the molecule is CNCC(O)COc1cccc(-c2nc(NC3CCOC3)c(C)c(N3CCC(OC)CC3)n2)c1. The molecule has 9 nitrogen and oxygen atoms in total. The van der Waals surface area contributed by atoms with E-state index in [9.17, 15) is 5.11 Å². The summed E-state index contributed by atoms with van der Waals surface area (Å²) in [5.74, 6) is 3.13. The summed E-state index contributed by atoms with van der Waals surface area (Å²) >= 11 is 0. The number of likely N-dealkylation sites (N-methyl/N-ethyl adjacent to an activating group) is 1. The normalized spacial score (nSPS) is 19.9. The summed E-state index contributed by atoms with van der Waals surface area (Å²) in [5, 5.41) is 16.5. The second-order valence-electron chi connectivity index (χ2n) is 9.02. The van der Waals surface area contributed by atoms with Gasteiger partial charge < -0.3 is 34.9 Å². The van der Waals surface area contributed by atoms with E-state index in [1.54, 1.807) is 14.2 Å². The Bertz CT molecular complexity index is 930. The van der Waals surface area contributed by atoms with Gasteiger partial charge in [-0.2, -0.15) is 0 Å². The molecule has 0 bridgehead atoms. The topological polar surface area (TPSA) is 101 Å². The third-order valence-corrected chi connectivity index (χ3v) is 6.44. The fraction of sp³-hybridized carbons (Fsp3) is 0.600. The van der Waals surface area contributed by atoms with Gasteiger partial charge in [0.1, 0.15) is 30.1 Å². The molecule has 9 heteroatoms. The third-order valence-electron chi connectivity index (χ3n) is 6.44.